The fourth-order valence-corrected chi connectivity index (χ4v) is 1.29. The van der Waals surface area contributed by atoms with Crippen LogP contribution in [-0.2, 0) is 16.0 Å². The zero-order chi connectivity index (χ0) is 14.6. The van der Waals surface area contributed by atoms with Crippen LogP contribution in [0.15, 0.2) is 6.07 Å². The van der Waals surface area contributed by atoms with Crippen molar-refractivity contribution in [3.63, 3.8) is 0 Å². The molecule has 106 valence electrons. The number of carbonyl (C=O) groups excluding carboxylic acids is 2. The van der Waals surface area contributed by atoms with E-state index in [9.17, 15) is 22.8 Å². The molecule has 19 heavy (non-hydrogen) atoms. The van der Waals surface area contributed by atoms with E-state index >= 15 is 0 Å². The van der Waals surface area contributed by atoms with E-state index < -0.39 is 31.1 Å². The predicted molar refractivity (Wildman–Crippen MR) is 55.6 cm³/mol. The van der Waals surface area contributed by atoms with E-state index in [0.717, 1.165) is 25.0 Å². The SMILES string of the molecule is COC(=O)c1cc(C(=O)OC)n(CCC(F)(F)F)n1. The van der Waals surface area contributed by atoms with Crippen molar-refractivity contribution in [3.8, 4) is 0 Å². The summed E-state index contributed by atoms with van der Waals surface area (Å²) in [6, 6.07) is 1.02. The largest absolute Gasteiger partial charge is 0.464 e. The molecule has 0 aliphatic carbocycles. The van der Waals surface area contributed by atoms with Gasteiger partial charge < -0.3 is 9.47 Å². The maximum atomic E-state index is 12.1. The monoisotopic (exact) mass is 280 g/mol. The smallest absolute Gasteiger partial charge is 0.390 e. The molecule has 0 N–H and O–H groups in total. The van der Waals surface area contributed by atoms with E-state index in [2.05, 4.69) is 14.6 Å². The van der Waals surface area contributed by atoms with Crippen LogP contribution in [-0.4, -0.2) is 42.1 Å². The first-order chi connectivity index (χ1) is 8.78. The van der Waals surface area contributed by atoms with Crippen LogP contribution in [0.25, 0.3) is 0 Å². The number of alkyl halides is 3. The highest BCUT2D eigenvalue weighted by molar-refractivity contribution is 5.93. The summed E-state index contributed by atoms with van der Waals surface area (Å²) in [6.45, 7) is -0.592. The summed E-state index contributed by atoms with van der Waals surface area (Å²) in [6.07, 6.45) is -5.58. The van der Waals surface area contributed by atoms with E-state index in [1.165, 1.54) is 0 Å². The van der Waals surface area contributed by atoms with Gasteiger partial charge in [0.2, 0.25) is 0 Å². The highest BCUT2D eigenvalue weighted by atomic mass is 19.4. The molecule has 0 saturated heterocycles. The molecule has 0 radical (unpaired) electrons. The molecule has 0 saturated carbocycles. The number of halogens is 3. The molecule has 0 spiro atoms. The van der Waals surface area contributed by atoms with E-state index in [4.69, 9.17) is 0 Å². The number of aromatic nitrogens is 2. The van der Waals surface area contributed by atoms with Gasteiger partial charge in [-0.3, -0.25) is 4.68 Å². The standard InChI is InChI=1S/C10H11F3N2O4/c1-18-8(16)6-5-7(9(17)19-2)15(14-6)4-3-10(11,12)13/h5H,3-4H2,1-2H3. The topological polar surface area (TPSA) is 70.4 Å². The molecule has 0 bridgehead atoms. The summed E-state index contributed by atoms with van der Waals surface area (Å²) in [4.78, 5) is 22.6. The predicted octanol–water partition coefficient (Wildman–Crippen LogP) is 1.41. The number of carbonyl (C=O) groups is 2. The molecule has 0 amide bonds. The maximum absolute atomic E-state index is 12.1. The maximum Gasteiger partial charge on any atom is 0.390 e. The van der Waals surface area contributed by atoms with Crippen LogP contribution in [0, 0.1) is 0 Å². The summed E-state index contributed by atoms with van der Waals surface area (Å²) >= 11 is 0. The van der Waals surface area contributed by atoms with Gasteiger partial charge in [0.05, 0.1) is 27.2 Å². The first-order valence-electron chi connectivity index (χ1n) is 5.09. The summed E-state index contributed by atoms with van der Waals surface area (Å²) in [5, 5.41) is 3.59. The number of esters is 2. The molecule has 0 aliphatic heterocycles. The number of ether oxygens (including phenoxy) is 2. The van der Waals surface area contributed by atoms with Gasteiger partial charge in [-0.05, 0) is 0 Å². The number of aryl methyl sites for hydroxylation is 1. The van der Waals surface area contributed by atoms with Crippen molar-refractivity contribution in [1.82, 2.24) is 9.78 Å². The summed E-state index contributed by atoms with van der Waals surface area (Å²) in [5.74, 6) is -1.74. The van der Waals surface area contributed by atoms with E-state index in [0.29, 0.717) is 0 Å². The van der Waals surface area contributed by atoms with Crippen LogP contribution < -0.4 is 0 Å². The minimum absolute atomic E-state index is 0.243. The van der Waals surface area contributed by atoms with Crippen molar-refractivity contribution < 1.29 is 32.2 Å². The number of rotatable bonds is 4. The molecule has 6 nitrogen and oxygen atoms in total. The Labute approximate surface area is 106 Å². The van der Waals surface area contributed by atoms with E-state index in [1.807, 2.05) is 0 Å². The van der Waals surface area contributed by atoms with Crippen molar-refractivity contribution in [2.75, 3.05) is 14.2 Å². The lowest BCUT2D eigenvalue weighted by Crippen LogP contribution is -2.17. The highest BCUT2D eigenvalue weighted by Gasteiger charge is 2.29. The average molecular weight is 280 g/mol. The van der Waals surface area contributed by atoms with Crippen molar-refractivity contribution in [1.29, 1.82) is 0 Å². The molecule has 0 fully saturated rings. The lowest BCUT2D eigenvalue weighted by Gasteiger charge is -2.08. The summed E-state index contributed by atoms with van der Waals surface area (Å²) in [5.41, 5.74) is -0.503. The fourth-order valence-electron chi connectivity index (χ4n) is 1.29. The number of nitrogens with zero attached hydrogens (tertiary/aromatic N) is 2. The number of hydrogen-bond acceptors (Lipinski definition) is 5. The Hall–Kier alpha value is -2.06. The van der Waals surface area contributed by atoms with Crippen molar-refractivity contribution in [2.24, 2.45) is 0 Å². The Morgan fingerprint density at radius 1 is 1.26 bits per heavy atom. The molecule has 0 unspecified atom stereocenters. The van der Waals surface area contributed by atoms with Gasteiger partial charge in [0.1, 0.15) is 5.69 Å². The van der Waals surface area contributed by atoms with Gasteiger partial charge in [0.25, 0.3) is 0 Å². The molecule has 1 aromatic heterocycles. The molecule has 1 heterocycles. The molecule has 0 aromatic carbocycles. The van der Waals surface area contributed by atoms with Crippen LogP contribution in [0.4, 0.5) is 13.2 Å². The van der Waals surface area contributed by atoms with Gasteiger partial charge in [-0.1, -0.05) is 0 Å². The van der Waals surface area contributed by atoms with E-state index in [1.54, 1.807) is 0 Å². The van der Waals surface area contributed by atoms with Crippen molar-refractivity contribution >= 4 is 11.9 Å². The Balaban J connectivity index is 3.02. The third-order valence-electron chi connectivity index (χ3n) is 2.18. The second kappa shape index (κ2) is 5.72. The molecule has 0 atom stereocenters. The van der Waals surface area contributed by atoms with Crippen LogP contribution in [0.2, 0.25) is 0 Å². The zero-order valence-electron chi connectivity index (χ0n) is 10.2. The molecule has 9 heteroatoms. The van der Waals surface area contributed by atoms with Gasteiger partial charge in [-0.15, -0.1) is 0 Å². The van der Waals surface area contributed by atoms with Gasteiger partial charge in [0, 0.05) is 6.07 Å². The normalized spacial score (nSPS) is 11.2. The quantitative estimate of drug-likeness (QED) is 0.780. The minimum atomic E-state index is -4.40. The molecule has 0 aliphatic rings. The number of methoxy groups -OCH3 is 2. The molecular weight excluding hydrogens is 269 g/mol. The number of hydrogen-bond donors (Lipinski definition) is 0. The third kappa shape index (κ3) is 3.97. The first kappa shape index (κ1) is 15.0. The Kier molecular flexibility index (Phi) is 4.52. The molecular formula is C10H11F3N2O4. The van der Waals surface area contributed by atoms with Crippen molar-refractivity contribution in [3.05, 3.63) is 17.5 Å². The molecule has 1 rings (SSSR count). The van der Waals surface area contributed by atoms with Crippen LogP contribution in [0.1, 0.15) is 27.4 Å². The van der Waals surface area contributed by atoms with Gasteiger partial charge in [-0.2, -0.15) is 18.3 Å². The first-order valence-corrected chi connectivity index (χ1v) is 5.09. The van der Waals surface area contributed by atoms with Gasteiger partial charge in [0.15, 0.2) is 5.69 Å². The Bertz CT molecular complexity index is 482. The van der Waals surface area contributed by atoms with Crippen LogP contribution in [0.3, 0.4) is 0 Å². The van der Waals surface area contributed by atoms with E-state index in [-0.39, 0.29) is 11.4 Å². The summed E-state index contributed by atoms with van der Waals surface area (Å²) < 4.78 is 46.0. The highest BCUT2D eigenvalue weighted by Crippen LogP contribution is 2.21. The van der Waals surface area contributed by atoms with Crippen molar-refractivity contribution in [2.45, 2.75) is 19.1 Å². The second-order valence-electron chi connectivity index (χ2n) is 3.49. The Morgan fingerprint density at radius 3 is 2.32 bits per heavy atom. The average Bonchev–Trinajstić information content (AvgIpc) is 2.77. The second-order valence-corrected chi connectivity index (χ2v) is 3.49. The van der Waals surface area contributed by atoms with Crippen LogP contribution in [0.5, 0.6) is 0 Å². The minimum Gasteiger partial charge on any atom is -0.464 e. The zero-order valence-corrected chi connectivity index (χ0v) is 10.2. The fraction of sp³-hybridized carbons (Fsp3) is 0.500. The lowest BCUT2D eigenvalue weighted by molar-refractivity contribution is -0.137. The van der Waals surface area contributed by atoms with Gasteiger partial charge in [-0.25, -0.2) is 9.59 Å². The third-order valence-corrected chi connectivity index (χ3v) is 2.18. The lowest BCUT2D eigenvalue weighted by atomic mass is 10.3. The van der Waals surface area contributed by atoms with Crippen LogP contribution >= 0.6 is 0 Å². The summed E-state index contributed by atoms with van der Waals surface area (Å²) in [7, 11) is 2.16. The Morgan fingerprint density at radius 2 is 1.84 bits per heavy atom. The molecule has 1 aromatic rings. The van der Waals surface area contributed by atoms with Gasteiger partial charge >= 0.3 is 18.1 Å².